The third kappa shape index (κ3) is 2.64. The maximum absolute atomic E-state index is 11.1. The van der Waals surface area contributed by atoms with Gasteiger partial charge >= 0.3 is 0 Å². The van der Waals surface area contributed by atoms with Crippen molar-refractivity contribution in [2.24, 2.45) is 4.36 Å². The minimum absolute atomic E-state index is 0. The van der Waals surface area contributed by atoms with E-state index in [4.69, 9.17) is 0 Å². The maximum atomic E-state index is 11.1. The predicted octanol–water partition coefficient (Wildman–Crippen LogP) is 1.04. The van der Waals surface area contributed by atoms with E-state index in [1.54, 1.807) is 7.05 Å². The zero-order valence-corrected chi connectivity index (χ0v) is 9.19. The Morgan fingerprint density at radius 2 is 2.33 bits per heavy atom. The zero-order chi connectivity index (χ0) is 6.04. The molecule has 1 heterocycles. The maximum Gasteiger partial charge on any atom is 0.0343 e. The van der Waals surface area contributed by atoms with Crippen LogP contribution in [0, 0.1) is 5.75 Å². The summed E-state index contributed by atoms with van der Waals surface area (Å²) in [6.45, 7) is 0. The summed E-state index contributed by atoms with van der Waals surface area (Å²) in [6, 6.07) is 0. The fourth-order valence-corrected chi connectivity index (χ4v) is 2.42. The molecule has 0 aromatic carbocycles. The molecule has 1 unspecified atom stereocenters. The quantitative estimate of drug-likeness (QED) is 0.562. The van der Waals surface area contributed by atoms with Crippen molar-refractivity contribution in [3.05, 3.63) is 5.75 Å². The molecule has 1 fully saturated rings. The van der Waals surface area contributed by atoms with E-state index in [1.807, 2.05) is 5.75 Å². The topological polar surface area (TPSA) is 29.4 Å². The summed E-state index contributed by atoms with van der Waals surface area (Å²) in [5.74, 6) is 2.62. The van der Waals surface area contributed by atoms with E-state index in [-0.39, 0.29) is 32.7 Å². The first-order valence-corrected chi connectivity index (χ1v) is 4.48. The van der Waals surface area contributed by atoms with Gasteiger partial charge in [-0.05, 0) is 0 Å². The number of hydrogen-bond acceptors (Lipinski definition) is 2. The molecule has 2 nitrogen and oxygen atoms in total. The van der Waals surface area contributed by atoms with Gasteiger partial charge in [0.1, 0.15) is 0 Å². The van der Waals surface area contributed by atoms with Crippen molar-refractivity contribution in [3.63, 3.8) is 0 Å². The Morgan fingerprint density at radius 3 is 2.56 bits per heavy atom. The van der Waals surface area contributed by atoms with Gasteiger partial charge in [-0.25, -0.2) is 5.75 Å². The molecule has 1 atom stereocenters. The third-order valence-corrected chi connectivity index (χ3v) is 3.58. The molecule has 0 aromatic rings. The van der Waals surface area contributed by atoms with Gasteiger partial charge in [0, 0.05) is 45.5 Å². The van der Waals surface area contributed by atoms with Gasteiger partial charge in [-0.3, -0.25) is 8.57 Å². The largest absolute Gasteiger partial charge is 0.283 e. The average Bonchev–Trinajstić information content (AvgIpc) is 2.17. The van der Waals surface area contributed by atoms with Gasteiger partial charge in [0.2, 0.25) is 0 Å². The second-order valence-corrected chi connectivity index (χ2v) is 4.37. The van der Waals surface area contributed by atoms with Crippen molar-refractivity contribution in [3.8, 4) is 0 Å². The van der Waals surface area contributed by atoms with Gasteiger partial charge in [0.05, 0.1) is 0 Å². The third-order valence-electron chi connectivity index (χ3n) is 1.33. The van der Waals surface area contributed by atoms with Crippen molar-refractivity contribution in [1.82, 2.24) is 0 Å². The Balaban J connectivity index is 0.000000640. The van der Waals surface area contributed by atoms with Crippen molar-refractivity contribution in [2.45, 2.75) is 12.8 Å². The van der Waals surface area contributed by atoms with Crippen LogP contribution in [0.1, 0.15) is 12.8 Å². The zero-order valence-electron chi connectivity index (χ0n) is 5.54. The van der Waals surface area contributed by atoms with E-state index < -0.39 is 9.73 Å². The van der Waals surface area contributed by atoms with Gasteiger partial charge in [0.15, 0.2) is 0 Å². The van der Waals surface area contributed by atoms with E-state index >= 15 is 0 Å². The van der Waals surface area contributed by atoms with Crippen LogP contribution in [-0.4, -0.2) is 17.0 Å². The molecule has 1 radical (unpaired) electrons. The van der Waals surface area contributed by atoms with Crippen LogP contribution in [0.4, 0.5) is 0 Å². The van der Waals surface area contributed by atoms with Crippen LogP contribution in [0.5, 0.6) is 0 Å². The van der Waals surface area contributed by atoms with Crippen LogP contribution >= 0.6 is 0 Å². The molecule has 9 heavy (non-hydrogen) atoms. The number of nitrogens with zero attached hydrogens (tertiary/aromatic N) is 1. The molecule has 0 aromatic heterocycles. The SMILES string of the molecule is CN=S1(=O)[CH-]CCC1.[Y]. The summed E-state index contributed by atoms with van der Waals surface area (Å²) in [7, 11) is -0.163. The summed E-state index contributed by atoms with van der Waals surface area (Å²) in [5.41, 5.74) is 0. The minimum atomic E-state index is -1.79. The molecule has 1 rings (SSSR count). The molecule has 0 aliphatic carbocycles. The monoisotopic (exact) mass is 221 g/mol. The summed E-state index contributed by atoms with van der Waals surface area (Å²) in [5, 5.41) is 0. The van der Waals surface area contributed by atoms with Crippen LogP contribution in [0.25, 0.3) is 0 Å². The standard InChI is InChI=1S/C5H10NOS.Y/c1-6-8(7)4-2-3-5-8;/h4H,2-3,5H2,1H3;/q-1;. The van der Waals surface area contributed by atoms with Crippen molar-refractivity contribution < 1.29 is 36.9 Å². The van der Waals surface area contributed by atoms with Crippen molar-refractivity contribution in [2.75, 3.05) is 12.8 Å². The molecular weight excluding hydrogens is 211 g/mol. The fraction of sp³-hybridized carbons (Fsp3) is 0.800. The van der Waals surface area contributed by atoms with Crippen LogP contribution in [0.15, 0.2) is 4.36 Å². The van der Waals surface area contributed by atoms with Crippen LogP contribution < -0.4 is 0 Å². The van der Waals surface area contributed by atoms with E-state index in [0.717, 1.165) is 18.6 Å². The first-order valence-electron chi connectivity index (χ1n) is 2.73. The predicted molar refractivity (Wildman–Crippen MR) is 34.9 cm³/mol. The van der Waals surface area contributed by atoms with Gasteiger partial charge in [-0.15, -0.1) is 0 Å². The molecule has 1 saturated heterocycles. The summed E-state index contributed by atoms with van der Waals surface area (Å²) < 4.78 is 14.9. The van der Waals surface area contributed by atoms with E-state index in [0.29, 0.717) is 0 Å². The molecule has 4 heteroatoms. The molecule has 0 amide bonds. The smallest absolute Gasteiger partial charge is 0.0343 e. The molecular formula is C5H10NOSY-. The molecule has 1 aliphatic rings. The van der Waals surface area contributed by atoms with Crippen molar-refractivity contribution in [1.29, 1.82) is 0 Å². The Bertz CT molecular complexity index is 171. The average molecular weight is 221 g/mol. The fourth-order valence-electron chi connectivity index (χ4n) is 0.807. The number of hydrogen-bond donors (Lipinski definition) is 0. The van der Waals surface area contributed by atoms with E-state index in [2.05, 4.69) is 4.36 Å². The Hall–Kier alpha value is 1.05. The molecule has 0 N–H and O–H groups in total. The van der Waals surface area contributed by atoms with Crippen LogP contribution in [0.2, 0.25) is 0 Å². The normalized spacial score (nSPS) is 33.4. The van der Waals surface area contributed by atoms with Crippen LogP contribution in [0.3, 0.4) is 0 Å². The minimum Gasteiger partial charge on any atom is -0.283 e. The van der Waals surface area contributed by atoms with Gasteiger partial charge < -0.3 is 0 Å². The molecule has 0 saturated carbocycles. The summed E-state index contributed by atoms with van der Waals surface area (Å²) in [6.07, 6.45) is 2.03. The molecule has 1 aliphatic heterocycles. The summed E-state index contributed by atoms with van der Waals surface area (Å²) >= 11 is 0. The van der Waals surface area contributed by atoms with E-state index in [1.165, 1.54) is 0 Å². The van der Waals surface area contributed by atoms with Gasteiger partial charge in [0.25, 0.3) is 0 Å². The Kier molecular flexibility index (Phi) is 4.52. The molecule has 0 bridgehead atoms. The second kappa shape index (κ2) is 4.04. The Morgan fingerprint density at radius 1 is 1.67 bits per heavy atom. The number of rotatable bonds is 0. The first-order chi connectivity index (χ1) is 3.77. The van der Waals surface area contributed by atoms with Crippen LogP contribution in [-0.2, 0) is 42.4 Å². The Labute approximate surface area is 81.9 Å². The second-order valence-electron chi connectivity index (χ2n) is 1.89. The first kappa shape index (κ1) is 10.1. The van der Waals surface area contributed by atoms with Gasteiger partial charge in [-0.2, -0.15) is 6.42 Å². The molecule has 0 spiro atoms. The van der Waals surface area contributed by atoms with Crippen molar-refractivity contribution >= 4 is 9.73 Å². The van der Waals surface area contributed by atoms with E-state index in [9.17, 15) is 4.21 Å². The summed E-state index contributed by atoms with van der Waals surface area (Å²) in [4.78, 5) is 0. The van der Waals surface area contributed by atoms with Gasteiger partial charge in [-0.1, -0.05) is 16.1 Å². The molecule has 51 valence electrons.